The molecule has 3 nitrogen and oxygen atoms in total. The molecular formula is C9H13ClN2OS. The summed E-state index contributed by atoms with van der Waals surface area (Å²) in [6.45, 7) is 2.94. The Balaban J connectivity index is 2.08. The maximum absolute atomic E-state index is 5.65. The number of hydrogen-bond donors (Lipinski definition) is 0. The zero-order valence-corrected chi connectivity index (χ0v) is 9.64. The topological polar surface area (TPSA) is 35.0 Å². The van der Waals surface area contributed by atoms with Gasteiger partial charge in [-0.2, -0.15) is 0 Å². The van der Waals surface area contributed by atoms with E-state index in [1.807, 2.05) is 0 Å². The zero-order valence-electron chi connectivity index (χ0n) is 8.07. The van der Waals surface area contributed by atoms with Crippen molar-refractivity contribution in [3.63, 3.8) is 0 Å². The Bertz CT molecular complexity index is 305. The first-order valence-electron chi connectivity index (χ1n) is 4.81. The van der Waals surface area contributed by atoms with Crippen LogP contribution in [0.15, 0.2) is 0 Å². The van der Waals surface area contributed by atoms with Crippen molar-refractivity contribution in [3.05, 3.63) is 10.0 Å². The van der Waals surface area contributed by atoms with E-state index in [9.17, 15) is 0 Å². The third-order valence-electron chi connectivity index (χ3n) is 2.48. The molecule has 14 heavy (non-hydrogen) atoms. The molecule has 2 atom stereocenters. The van der Waals surface area contributed by atoms with Crippen LogP contribution in [-0.4, -0.2) is 28.8 Å². The minimum Gasteiger partial charge on any atom is -0.378 e. The second kappa shape index (κ2) is 4.55. The molecule has 1 aliphatic heterocycles. The van der Waals surface area contributed by atoms with Gasteiger partial charge in [0.25, 0.3) is 0 Å². The summed E-state index contributed by atoms with van der Waals surface area (Å²) in [5.41, 5.74) is 0. The van der Waals surface area contributed by atoms with E-state index in [2.05, 4.69) is 17.1 Å². The molecule has 1 aromatic heterocycles. The van der Waals surface area contributed by atoms with Crippen LogP contribution in [0.5, 0.6) is 0 Å². The van der Waals surface area contributed by atoms with E-state index in [-0.39, 0.29) is 6.10 Å². The first-order valence-corrected chi connectivity index (χ1v) is 6.16. The van der Waals surface area contributed by atoms with Gasteiger partial charge in [-0.1, -0.05) is 0 Å². The van der Waals surface area contributed by atoms with Gasteiger partial charge in [0.1, 0.15) is 10.0 Å². The van der Waals surface area contributed by atoms with Crippen molar-refractivity contribution in [2.75, 3.05) is 12.5 Å². The van der Waals surface area contributed by atoms with Crippen LogP contribution in [0.25, 0.3) is 0 Å². The van der Waals surface area contributed by atoms with Gasteiger partial charge in [0.05, 0.1) is 6.10 Å². The van der Waals surface area contributed by atoms with E-state index >= 15 is 0 Å². The molecule has 1 fully saturated rings. The number of halogens is 1. The first-order chi connectivity index (χ1) is 6.81. The zero-order chi connectivity index (χ0) is 9.97. The fourth-order valence-electron chi connectivity index (χ4n) is 1.65. The summed E-state index contributed by atoms with van der Waals surface area (Å²) < 4.78 is 5.50. The number of hydrogen-bond acceptors (Lipinski definition) is 4. The summed E-state index contributed by atoms with van der Waals surface area (Å²) in [5, 5.41) is 10.5. The molecule has 1 aliphatic rings. The van der Waals surface area contributed by atoms with Crippen molar-refractivity contribution in [3.8, 4) is 0 Å². The van der Waals surface area contributed by atoms with Crippen molar-refractivity contribution in [2.24, 2.45) is 0 Å². The molecule has 2 heterocycles. The Morgan fingerprint density at radius 3 is 3.07 bits per heavy atom. The molecule has 0 N–H and O–H groups in total. The summed E-state index contributed by atoms with van der Waals surface area (Å²) in [5.74, 6) is 1.06. The first kappa shape index (κ1) is 10.3. The standard InChI is InChI=1S/C9H13ClN2OS/c1-6-7(3-5-13-6)9-12-11-8(14-9)2-4-10/h6-7H,2-5H2,1H3. The van der Waals surface area contributed by atoms with Crippen LogP contribution < -0.4 is 0 Å². The summed E-state index contributed by atoms with van der Waals surface area (Å²) >= 11 is 7.32. The van der Waals surface area contributed by atoms with E-state index in [0.717, 1.165) is 29.5 Å². The molecule has 0 spiro atoms. The van der Waals surface area contributed by atoms with Crippen LogP contribution in [-0.2, 0) is 11.2 Å². The van der Waals surface area contributed by atoms with Gasteiger partial charge in [-0.15, -0.1) is 33.1 Å². The van der Waals surface area contributed by atoms with Gasteiger partial charge in [0, 0.05) is 24.8 Å². The number of alkyl halides is 1. The lowest BCUT2D eigenvalue weighted by Gasteiger charge is -2.08. The molecule has 1 aromatic rings. The molecule has 0 saturated carbocycles. The lowest BCUT2D eigenvalue weighted by molar-refractivity contribution is 0.118. The smallest absolute Gasteiger partial charge is 0.123 e. The summed E-state index contributed by atoms with van der Waals surface area (Å²) in [7, 11) is 0. The van der Waals surface area contributed by atoms with Gasteiger partial charge in [0.2, 0.25) is 0 Å². The van der Waals surface area contributed by atoms with Gasteiger partial charge >= 0.3 is 0 Å². The van der Waals surface area contributed by atoms with Crippen molar-refractivity contribution in [1.29, 1.82) is 0 Å². The molecule has 0 amide bonds. The Labute approximate surface area is 92.4 Å². The highest BCUT2D eigenvalue weighted by atomic mass is 35.5. The molecule has 5 heteroatoms. The van der Waals surface area contributed by atoms with Crippen LogP contribution in [0.4, 0.5) is 0 Å². The highest BCUT2D eigenvalue weighted by Gasteiger charge is 2.28. The fourth-order valence-corrected chi connectivity index (χ4v) is 3.02. The van der Waals surface area contributed by atoms with Gasteiger partial charge in [-0.25, -0.2) is 0 Å². The van der Waals surface area contributed by atoms with Gasteiger partial charge in [-0.3, -0.25) is 0 Å². The van der Waals surface area contributed by atoms with Crippen molar-refractivity contribution < 1.29 is 4.74 Å². The Kier molecular flexibility index (Phi) is 3.36. The van der Waals surface area contributed by atoms with Crippen LogP contribution in [0.1, 0.15) is 29.3 Å². The lowest BCUT2D eigenvalue weighted by atomic mass is 10.0. The number of ether oxygens (including phenoxy) is 1. The predicted octanol–water partition coefficient (Wildman–Crippen LogP) is 2.21. The van der Waals surface area contributed by atoms with Gasteiger partial charge < -0.3 is 4.74 Å². The molecule has 0 aliphatic carbocycles. The monoisotopic (exact) mass is 232 g/mol. The van der Waals surface area contributed by atoms with E-state index < -0.39 is 0 Å². The van der Waals surface area contributed by atoms with Crippen LogP contribution in [0.3, 0.4) is 0 Å². The predicted molar refractivity (Wildman–Crippen MR) is 57.1 cm³/mol. The second-order valence-electron chi connectivity index (χ2n) is 3.44. The normalized spacial score (nSPS) is 27.0. The summed E-state index contributed by atoms with van der Waals surface area (Å²) in [6, 6.07) is 0. The highest BCUT2D eigenvalue weighted by molar-refractivity contribution is 7.11. The average Bonchev–Trinajstić information content (AvgIpc) is 2.74. The Morgan fingerprint density at radius 1 is 1.57 bits per heavy atom. The van der Waals surface area contributed by atoms with Crippen molar-refractivity contribution >= 4 is 22.9 Å². The molecular weight excluding hydrogens is 220 g/mol. The van der Waals surface area contributed by atoms with Crippen LogP contribution >= 0.6 is 22.9 Å². The highest BCUT2D eigenvalue weighted by Crippen LogP contribution is 2.32. The SMILES string of the molecule is CC1OCCC1c1nnc(CCCl)s1. The molecule has 1 saturated heterocycles. The largest absolute Gasteiger partial charge is 0.378 e. The van der Waals surface area contributed by atoms with Gasteiger partial charge in [0.15, 0.2) is 0 Å². The molecule has 0 aromatic carbocycles. The Morgan fingerprint density at radius 2 is 2.43 bits per heavy atom. The van der Waals surface area contributed by atoms with Crippen LogP contribution in [0, 0.1) is 0 Å². The number of rotatable bonds is 3. The third kappa shape index (κ3) is 2.07. The lowest BCUT2D eigenvalue weighted by Crippen LogP contribution is -2.08. The van der Waals surface area contributed by atoms with Crippen molar-refractivity contribution in [2.45, 2.75) is 31.8 Å². The number of aromatic nitrogens is 2. The van der Waals surface area contributed by atoms with E-state index in [0.29, 0.717) is 11.8 Å². The molecule has 0 bridgehead atoms. The quantitative estimate of drug-likeness (QED) is 0.750. The fraction of sp³-hybridized carbons (Fsp3) is 0.778. The number of nitrogens with zero attached hydrogens (tertiary/aromatic N) is 2. The summed E-state index contributed by atoms with van der Waals surface area (Å²) in [6.07, 6.45) is 2.17. The van der Waals surface area contributed by atoms with Crippen molar-refractivity contribution in [1.82, 2.24) is 10.2 Å². The molecule has 0 radical (unpaired) electrons. The van der Waals surface area contributed by atoms with E-state index in [1.54, 1.807) is 11.3 Å². The second-order valence-corrected chi connectivity index (χ2v) is 4.92. The van der Waals surface area contributed by atoms with E-state index in [1.165, 1.54) is 0 Å². The van der Waals surface area contributed by atoms with Crippen LogP contribution in [0.2, 0.25) is 0 Å². The minimum atomic E-state index is 0.284. The molecule has 78 valence electrons. The Hall–Kier alpha value is -0.190. The average molecular weight is 233 g/mol. The molecule has 2 unspecified atom stereocenters. The van der Waals surface area contributed by atoms with Gasteiger partial charge in [-0.05, 0) is 13.3 Å². The van der Waals surface area contributed by atoms with E-state index in [4.69, 9.17) is 16.3 Å². The maximum atomic E-state index is 5.65. The maximum Gasteiger partial charge on any atom is 0.123 e. The summed E-state index contributed by atoms with van der Waals surface area (Å²) in [4.78, 5) is 0. The molecule has 2 rings (SSSR count). The minimum absolute atomic E-state index is 0.284. The number of aryl methyl sites for hydroxylation is 1. The third-order valence-corrected chi connectivity index (χ3v) is 3.79.